The smallest absolute Gasteiger partial charge is 0.341 e. The summed E-state index contributed by atoms with van der Waals surface area (Å²) < 4.78 is 16.6. The summed E-state index contributed by atoms with van der Waals surface area (Å²) in [5.74, 6) is 0.816. The van der Waals surface area contributed by atoms with E-state index in [1.807, 2.05) is 24.3 Å². The maximum atomic E-state index is 12.4. The molecule has 0 fully saturated rings. The molecule has 0 atom stereocenters. The van der Waals surface area contributed by atoms with Crippen LogP contribution in [-0.2, 0) is 4.74 Å². The minimum atomic E-state index is -0.570. The van der Waals surface area contributed by atoms with Crippen LogP contribution in [0.3, 0.4) is 0 Å². The number of hydrazone groups is 1. The van der Waals surface area contributed by atoms with Crippen LogP contribution in [0, 0.1) is 0 Å². The van der Waals surface area contributed by atoms with Gasteiger partial charge in [-0.25, -0.2) is 15.0 Å². The molecular formula is C20H17N3O5S. The van der Waals surface area contributed by atoms with Crippen LogP contribution < -0.4 is 20.2 Å². The molecule has 1 aromatic heterocycles. The minimum absolute atomic E-state index is 0.189. The van der Waals surface area contributed by atoms with Gasteiger partial charge in [-0.1, -0.05) is 18.2 Å². The van der Waals surface area contributed by atoms with E-state index in [0.29, 0.717) is 22.1 Å². The van der Waals surface area contributed by atoms with E-state index >= 15 is 0 Å². The van der Waals surface area contributed by atoms with Crippen molar-refractivity contribution in [3.05, 3.63) is 53.6 Å². The van der Waals surface area contributed by atoms with Gasteiger partial charge in [0.05, 0.1) is 12.8 Å². The second kappa shape index (κ2) is 8.19. The van der Waals surface area contributed by atoms with Gasteiger partial charge in [0.25, 0.3) is 0 Å². The van der Waals surface area contributed by atoms with E-state index in [4.69, 9.17) is 14.2 Å². The van der Waals surface area contributed by atoms with Crippen LogP contribution in [0.2, 0.25) is 0 Å². The van der Waals surface area contributed by atoms with Crippen molar-refractivity contribution >= 4 is 44.6 Å². The second-order valence-corrected chi connectivity index (χ2v) is 7.01. The van der Waals surface area contributed by atoms with E-state index in [1.165, 1.54) is 17.6 Å². The maximum absolute atomic E-state index is 12.4. The number of hydrogen-bond donors (Lipinski definition) is 2. The van der Waals surface area contributed by atoms with Gasteiger partial charge < -0.3 is 14.2 Å². The number of hydrogen-bond acceptors (Lipinski definition) is 7. The lowest BCUT2D eigenvalue weighted by atomic mass is 10.1. The fourth-order valence-corrected chi connectivity index (χ4v) is 3.92. The summed E-state index contributed by atoms with van der Waals surface area (Å²) in [7, 11) is 0. The number of benzene rings is 2. The van der Waals surface area contributed by atoms with Crippen molar-refractivity contribution < 1.29 is 23.8 Å². The molecular weight excluding hydrogens is 394 g/mol. The van der Waals surface area contributed by atoms with Gasteiger partial charge in [0.15, 0.2) is 11.5 Å². The monoisotopic (exact) mass is 411 g/mol. The van der Waals surface area contributed by atoms with Gasteiger partial charge in [-0.05, 0) is 36.8 Å². The Balaban J connectivity index is 1.47. The van der Waals surface area contributed by atoms with Gasteiger partial charge in [0, 0.05) is 10.1 Å². The first-order valence-corrected chi connectivity index (χ1v) is 9.65. The zero-order valence-electron chi connectivity index (χ0n) is 15.4. The fraction of sp³-hybridized carbons (Fsp3) is 0.150. The van der Waals surface area contributed by atoms with Crippen molar-refractivity contribution in [3.8, 4) is 11.5 Å². The van der Waals surface area contributed by atoms with Gasteiger partial charge in [-0.3, -0.25) is 5.32 Å². The van der Waals surface area contributed by atoms with Crippen molar-refractivity contribution in [3.63, 3.8) is 0 Å². The SMILES string of the molecule is CCOC(=O)c1c(NC(=O)N/N=C/c2ccc3c(c2)OCO3)sc2ccccc12. The number of anilines is 1. The quantitative estimate of drug-likeness (QED) is 0.376. The number of nitrogens with one attached hydrogen (secondary N) is 2. The Morgan fingerprint density at radius 1 is 1.21 bits per heavy atom. The number of nitrogens with zero attached hydrogens (tertiary/aromatic N) is 1. The lowest BCUT2D eigenvalue weighted by Crippen LogP contribution is -2.24. The molecule has 0 radical (unpaired) electrons. The van der Waals surface area contributed by atoms with E-state index in [0.717, 1.165) is 15.6 Å². The summed E-state index contributed by atoms with van der Waals surface area (Å²) in [5.41, 5.74) is 3.47. The molecule has 29 heavy (non-hydrogen) atoms. The zero-order chi connectivity index (χ0) is 20.2. The van der Waals surface area contributed by atoms with Gasteiger partial charge in [-0.15, -0.1) is 11.3 Å². The summed E-state index contributed by atoms with van der Waals surface area (Å²) in [6, 6.07) is 12.1. The van der Waals surface area contributed by atoms with Crippen LogP contribution in [-0.4, -0.2) is 31.6 Å². The number of carbonyl (C=O) groups is 2. The van der Waals surface area contributed by atoms with Gasteiger partial charge in [-0.2, -0.15) is 5.10 Å². The number of thiophene rings is 1. The largest absolute Gasteiger partial charge is 0.462 e. The summed E-state index contributed by atoms with van der Waals surface area (Å²) in [6.45, 7) is 2.17. The molecule has 1 aliphatic heterocycles. The average Bonchev–Trinajstić information content (AvgIpc) is 3.31. The third-order valence-electron chi connectivity index (χ3n) is 4.08. The highest BCUT2D eigenvalue weighted by atomic mass is 32.1. The molecule has 148 valence electrons. The molecule has 8 nitrogen and oxygen atoms in total. The van der Waals surface area contributed by atoms with Gasteiger partial charge in [0.1, 0.15) is 10.6 Å². The van der Waals surface area contributed by atoms with Crippen LogP contribution >= 0.6 is 11.3 Å². The van der Waals surface area contributed by atoms with Gasteiger partial charge >= 0.3 is 12.0 Å². The number of urea groups is 1. The average molecular weight is 411 g/mol. The summed E-state index contributed by atoms with van der Waals surface area (Å²) in [4.78, 5) is 24.6. The Hall–Kier alpha value is -3.59. The first kappa shape index (κ1) is 18.8. The molecule has 0 spiro atoms. The van der Waals surface area contributed by atoms with Crippen LogP contribution in [0.25, 0.3) is 10.1 Å². The number of carbonyl (C=O) groups excluding carboxylic acids is 2. The van der Waals surface area contributed by atoms with Gasteiger partial charge in [0.2, 0.25) is 6.79 Å². The predicted octanol–water partition coefficient (Wildman–Crippen LogP) is 3.96. The van der Waals surface area contributed by atoms with E-state index < -0.39 is 12.0 Å². The molecule has 2 N–H and O–H groups in total. The first-order valence-electron chi connectivity index (χ1n) is 8.84. The molecule has 1 aliphatic rings. The summed E-state index contributed by atoms with van der Waals surface area (Å²) in [6.07, 6.45) is 1.48. The van der Waals surface area contributed by atoms with E-state index in [2.05, 4.69) is 15.8 Å². The van der Waals surface area contributed by atoms with E-state index in [-0.39, 0.29) is 13.4 Å². The molecule has 0 saturated heterocycles. The lowest BCUT2D eigenvalue weighted by Gasteiger charge is -2.06. The molecule has 0 aliphatic carbocycles. The molecule has 3 aromatic rings. The molecule has 0 saturated carbocycles. The number of rotatable bonds is 5. The Morgan fingerprint density at radius 2 is 2.03 bits per heavy atom. The van der Waals surface area contributed by atoms with Crippen molar-refractivity contribution in [2.24, 2.45) is 5.10 Å². The molecule has 0 bridgehead atoms. The van der Waals surface area contributed by atoms with Crippen LogP contribution in [0.1, 0.15) is 22.8 Å². The number of fused-ring (bicyclic) bond motifs is 2. The van der Waals surface area contributed by atoms with Crippen molar-refractivity contribution in [1.82, 2.24) is 5.43 Å². The summed E-state index contributed by atoms with van der Waals surface area (Å²) in [5, 5.41) is 7.74. The highest BCUT2D eigenvalue weighted by Gasteiger charge is 2.21. The molecule has 2 heterocycles. The fourth-order valence-electron chi connectivity index (χ4n) is 2.83. The van der Waals surface area contributed by atoms with Crippen LogP contribution in [0.4, 0.5) is 9.80 Å². The maximum Gasteiger partial charge on any atom is 0.341 e. The van der Waals surface area contributed by atoms with Crippen LogP contribution in [0.5, 0.6) is 11.5 Å². The second-order valence-electron chi connectivity index (χ2n) is 5.96. The number of esters is 1. The van der Waals surface area contributed by atoms with Crippen molar-refractivity contribution in [2.75, 3.05) is 18.7 Å². The third kappa shape index (κ3) is 3.99. The third-order valence-corrected chi connectivity index (χ3v) is 5.16. The van der Waals surface area contributed by atoms with Crippen molar-refractivity contribution in [2.45, 2.75) is 6.92 Å². The Kier molecular flexibility index (Phi) is 5.30. The van der Waals surface area contributed by atoms with E-state index in [1.54, 1.807) is 25.1 Å². The summed E-state index contributed by atoms with van der Waals surface area (Å²) >= 11 is 1.29. The number of ether oxygens (including phenoxy) is 3. The van der Waals surface area contributed by atoms with E-state index in [9.17, 15) is 9.59 Å². The molecule has 2 aromatic carbocycles. The Bertz CT molecular complexity index is 1110. The first-order chi connectivity index (χ1) is 14.2. The predicted molar refractivity (Wildman–Crippen MR) is 110 cm³/mol. The molecule has 2 amide bonds. The molecule has 4 rings (SSSR count). The Morgan fingerprint density at radius 3 is 2.90 bits per heavy atom. The molecule has 9 heteroatoms. The Labute approximate surface area is 170 Å². The molecule has 0 unspecified atom stereocenters. The highest BCUT2D eigenvalue weighted by Crippen LogP contribution is 2.36. The topological polar surface area (TPSA) is 98.2 Å². The normalized spacial score (nSPS) is 12.3. The zero-order valence-corrected chi connectivity index (χ0v) is 16.2. The standard InChI is InChI=1S/C20H17N3O5S/c1-2-26-19(24)17-13-5-3-4-6-16(13)29-18(17)22-20(25)23-21-10-12-7-8-14-15(9-12)28-11-27-14/h3-10H,2,11H2,1H3,(H2,22,23,25)/b21-10+. The minimum Gasteiger partial charge on any atom is -0.462 e. The number of amides is 2. The van der Waals surface area contributed by atoms with Crippen molar-refractivity contribution in [1.29, 1.82) is 0 Å². The highest BCUT2D eigenvalue weighted by molar-refractivity contribution is 7.23. The lowest BCUT2D eigenvalue weighted by molar-refractivity contribution is 0.0530. The van der Waals surface area contributed by atoms with Crippen LogP contribution in [0.15, 0.2) is 47.6 Å².